The standard InChI is InChI=1S/C17H20F3N5O2/c1-2-10-25-15(26)7-5-13(24-25)16(27)22-9-3-8-21-14-6-4-12(11-23-14)17(18,19)20/h4-7,11H,2-3,8-10H2,1H3,(H,21,23)(H,22,27). The van der Waals surface area contributed by atoms with E-state index in [1.807, 2.05) is 6.92 Å². The van der Waals surface area contributed by atoms with Crippen molar-refractivity contribution < 1.29 is 18.0 Å². The van der Waals surface area contributed by atoms with E-state index in [0.717, 1.165) is 18.7 Å². The number of aromatic nitrogens is 3. The Hall–Kier alpha value is -2.91. The number of hydrogen-bond acceptors (Lipinski definition) is 5. The molecule has 0 aromatic carbocycles. The van der Waals surface area contributed by atoms with Gasteiger partial charge in [0.2, 0.25) is 0 Å². The fourth-order valence-corrected chi connectivity index (χ4v) is 2.21. The lowest BCUT2D eigenvalue weighted by molar-refractivity contribution is -0.137. The van der Waals surface area contributed by atoms with Crippen LogP contribution in [-0.4, -0.2) is 33.8 Å². The Bertz CT molecular complexity index is 819. The molecule has 0 aliphatic carbocycles. The summed E-state index contributed by atoms with van der Waals surface area (Å²) in [6.07, 6.45) is -2.39. The van der Waals surface area contributed by atoms with E-state index in [1.165, 1.54) is 22.9 Å². The molecule has 1 amide bonds. The summed E-state index contributed by atoms with van der Waals surface area (Å²) in [6, 6.07) is 4.87. The van der Waals surface area contributed by atoms with Crippen LogP contribution in [0.1, 0.15) is 35.8 Å². The van der Waals surface area contributed by atoms with Crippen molar-refractivity contribution in [3.63, 3.8) is 0 Å². The van der Waals surface area contributed by atoms with Crippen LogP contribution in [-0.2, 0) is 12.7 Å². The second kappa shape index (κ2) is 9.15. The van der Waals surface area contributed by atoms with Crippen LogP contribution in [0.3, 0.4) is 0 Å². The van der Waals surface area contributed by atoms with Crippen LogP contribution in [0.4, 0.5) is 19.0 Å². The average molecular weight is 383 g/mol. The highest BCUT2D eigenvalue weighted by atomic mass is 19.4. The Kier molecular flexibility index (Phi) is 6.91. The van der Waals surface area contributed by atoms with E-state index in [9.17, 15) is 22.8 Å². The van der Waals surface area contributed by atoms with Gasteiger partial charge in [-0.25, -0.2) is 9.67 Å². The summed E-state index contributed by atoms with van der Waals surface area (Å²) in [5.74, 6) is -0.0739. The third-order valence-corrected chi connectivity index (χ3v) is 3.57. The maximum atomic E-state index is 12.5. The van der Waals surface area contributed by atoms with Gasteiger partial charge in [0.15, 0.2) is 0 Å². The molecule has 2 aromatic heterocycles. The van der Waals surface area contributed by atoms with Crippen molar-refractivity contribution in [2.75, 3.05) is 18.4 Å². The molecule has 0 saturated heterocycles. The third kappa shape index (κ3) is 6.08. The number of carbonyl (C=O) groups is 1. The summed E-state index contributed by atoms with van der Waals surface area (Å²) < 4.78 is 38.6. The average Bonchev–Trinajstić information content (AvgIpc) is 2.63. The smallest absolute Gasteiger partial charge is 0.370 e. The van der Waals surface area contributed by atoms with Crippen molar-refractivity contribution in [2.45, 2.75) is 32.5 Å². The number of pyridine rings is 1. The minimum atomic E-state index is -4.41. The highest BCUT2D eigenvalue weighted by molar-refractivity contribution is 5.91. The van der Waals surface area contributed by atoms with Gasteiger partial charge in [-0.3, -0.25) is 9.59 Å². The van der Waals surface area contributed by atoms with Crippen molar-refractivity contribution in [1.29, 1.82) is 0 Å². The lowest BCUT2D eigenvalue weighted by Crippen LogP contribution is -2.30. The van der Waals surface area contributed by atoms with Gasteiger partial charge >= 0.3 is 6.18 Å². The molecule has 0 unspecified atom stereocenters. The number of aryl methyl sites for hydroxylation is 1. The maximum Gasteiger partial charge on any atom is 0.417 e. The number of hydrogen-bond donors (Lipinski definition) is 2. The Morgan fingerprint density at radius 2 is 1.96 bits per heavy atom. The van der Waals surface area contributed by atoms with Crippen molar-refractivity contribution in [1.82, 2.24) is 20.1 Å². The lowest BCUT2D eigenvalue weighted by Gasteiger charge is -2.09. The van der Waals surface area contributed by atoms with Crippen LogP contribution in [0.25, 0.3) is 0 Å². The normalized spacial score (nSPS) is 11.3. The minimum Gasteiger partial charge on any atom is -0.370 e. The summed E-state index contributed by atoms with van der Waals surface area (Å²) in [7, 11) is 0. The SMILES string of the molecule is CCCn1nc(C(=O)NCCCNc2ccc(C(F)(F)F)cn2)ccc1=O. The van der Waals surface area contributed by atoms with Crippen LogP contribution in [0.2, 0.25) is 0 Å². The number of carbonyl (C=O) groups excluding carboxylic acids is 1. The van der Waals surface area contributed by atoms with E-state index in [0.29, 0.717) is 31.9 Å². The van der Waals surface area contributed by atoms with Gasteiger partial charge in [0, 0.05) is 31.9 Å². The predicted molar refractivity (Wildman–Crippen MR) is 93.5 cm³/mol. The zero-order chi connectivity index (χ0) is 19.9. The van der Waals surface area contributed by atoms with Crippen LogP contribution in [0, 0.1) is 0 Å². The van der Waals surface area contributed by atoms with E-state index in [-0.39, 0.29) is 11.3 Å². The van der Waals surface area contributed by atoms with Gasteiger partial charge in [-0.15, -0.1) is 0 Å². The summed E-state index contributed by atoms with van der Waals surface area (Å²) >= 11 is 0. The fourth-order valence-electron chi connectivity index (χ4n) is 2.21. The Morgan fingerprint density at radius 3 is 2.59 bits per heavy atom. The number of rotatable bonds is 8. The Labute approximate surface area is 153 Å². The largest absolute Gasteiger partial charge is 0.417 e. The van der Waals surface area contributed by atoms with Crippen LogP contribution in [0.5, 0.6) is 0 Å². The zero-order valence-corrected chi connectivity index (χ0v) is 14.7. The van der Waals surface area contributed by atoms with Gasteiger partial charge < -0.3 is 10.6 Å². The molecule has 0 aliphatic rings. The Balaban J connectivity index is 1.76. The number of nitrogens with one attached hydrogen (secondary N) is 2. The van der Waals surface area contributed by atoms with Crippen molar-refractivity contribution in [2.24, 2.45) is 0 Å². The lowest BCUT2D eigenvalue weighted by atomic mass is 10.3. The molecule has 0 radical (unpaired) electrons. The van der Waals surface area contributed by atoms with Crippen LogP contribution in [0.15, 0.2) is 35.3 Å². The fraction of sp³-hybridized carbons (Fsp3) is 0.412. The number of halogens is 3. The zero-order valence-electron chi connectivity index (χ0n) is 14.7. The van der Waals surface area contributed by atoms with E-state index < -0.39 is 17.6 Å². The van der Waals surface area contributed by atoms with Gasteiger partial charge in [0.1, 0.15) is 11.5 Å². The molecule has 0 atom stereocenters. The maximum absolute atomic E-state index is 12.5. The van der Waals surface area contributed by atoms with Crippen molar-refractivity contribution in [3.8, 4) is 0 Å². The second-order valence-corrected chi connectivity index (χ2v) is 5.75. The molecule has 0 bridgehead atoms. The summed E-state index contributed by atoms with van der Waals surface area (Å²) in [5, 5.41) is 9.57. The first-order valence-electron chi connectivity index (χ1n) is 8.44. The first-order chi connectivity index (χ1) is 12.8. The third-order valence-electron chi connectivity index (χ3n) is 3.57. The Morgan fingerprint density at radius 1 is 1.19 bits per heavy atom. The number of anilines is 1. The molecule has 10 heteroatoms. The van der Waals surface area contributed by atoms with Gasteiger partial charge in [0.05, 0.1) is 5.56 Å². The predicted octanol–water partition coefficient (Wildman–Crippen LogP) is 2.30. The quantitative estimate of drug-likeness (QED) is 0.683. The minimum absolute atomic E-state index is 0.153. The summed E-state index contributed by atoms with van der Waals surface area (Å²) in [5.41, 5.74) is -0.917. The van der Waals surface area contributed by atoms with E-state index >= 15 is 0 Å². The number of amides is 1. The monoisotopic (exact) mass is 383 g/mol. The highest BCUT2D eigenvalue weighted by Gasteiger charge is 2.30. The molecular weight excluding hydrogens is 363 g/mol. The second-order valence-electron chi connectivity index (χ2n) is 5.75. The van der Waals surface area contributed by atoms with Gasteiger partial charge in [-0.2, -0.15) is 18.3 Å². The molecule has 0 fully saturated rings. The molecule has 2 N–H and O–H groups in total. The molecule has 2 heterocycles. The van der Waals surface area contributed by atoms with Crippen molar-refractivity contribution >= 4 is 11.7 Å². The van der Waals surface area contributed by atoms with E-state index in [4.69, 9.17) is 0 Å². The van der Waals surface area contributed by atoms with Crippen LogP contribution < -0.4 is 16.2 Å². The molecular formula is C17H20F3N5O2. The molecule has 7 nitrogen and oxygen atoms in total. The van der Waals surface area contributed by atoms with Gasteiger partial charge in [0.25, 0.3) is 11.5 Å². The molecule has 2 rings (SSSR count). The van der Waals surface area contributed by atoms with Gasteiger partial charge in [-0.05, 0) is 31.0 Å². The highest BCUT2D eigenvalue weighted by Crippen LogP contribution is 2.28. The molecule has 0 saturated carbocycles. The molecule has 2 aromatic rings. The summed E-state index contributed by atoms with van der Waals surface area (Å²) in [4.78, 5) is 27.3. The number of nitrogens with zero attached hydrogens (tertiary/aromatic N) is 3. The first-order valence-corrected chi connectivity index (χ1v) is 8.44. The van der Waals surface area contributed by atoms with Gasteiger partial charge in [-0.1, -0.05) is 6.92 Å². The van der Waals surface area contributed by atoms with E-state index in [1.54, 1.807) is 0 Å². The first kappa shape index (κ1) is 20.4. The topological polar surface area (TPSA) is 88.9 Å². The number of alkyl halides is 3. The molecule has 146 valence electrons. The molecule has 0 aliphatic heterocycles. The van der Waals surface area contributed by atoms with Crippen LogP contribution >= 0.6 is 0 Å². The molecule has 27 heavy (non-hydrogen) atoms. The van der Waals surface area contributed by atoms with E-state index in [2.05, 4.69) is 20.7 Å². The molecule has 0 spiro atoms. The summed E-state index contributed by atoms with van der Waals surface area (Å²) in [6.45, 7) is 3.09. The van der Waals surface area contributed by atoms with Crippen molar-refractivity contribution in [3.05, 3.63) is 52.1 Å².